The van der Waals surface area contributed by atoms with Gasteiger partial charge in [0, 0.05) is 12.2 Å². The molecule has 1 heterocycles. The van der Waals surface area contributed by atoms with Crippen molar-refractivity contribution in [3.63, 3.8) is 0 Å². The van der Waals surface area contributed by atoms with Gasteiger partial charge in [-0.1, -0.05) is 31.2 Å². The molecule has 0 unspecified atom stereocenters. The fraction of sp³-hybridized carbons (Fsp3) is 0.278. The highest BCUT2D eigenvalue weighted by Gasteiger charge is 2.09. The van der Waals surface area contributed by atoms with E-state index in [4.69, 9.17) is 4.98 Å². The van der Waals surface area contributed by atoms with Gasteiger partial charge >= 0.3 is 0 Å². The second kappa shape index (κ2) is 6.00. The normalized spacial score (nSPS) is 11.0. The van der Waals surface area contributed by atoms with Crippen LogP contribution in [0.5, 0.6) is 0 Å². The van der Waals surface area contributed by atoms with E-state index in [2.05, 4.69) is 66.2 Å². The molecule has 108 valence electrons. The zero-order valence-electron chi connectivity index (χ0n) is 12.6. The van der Waals surface area contributed by atoms with E-state index in [1.165, 1.54) is 11.1 Å². The number of aromatic nitrogens is 2. The summed E-state index contributed by atoms with van der Waals surface area (Å²) in [6.07, 6.45) is 1.11. The standard InChI is InChI=1S/C18H21N3/c1-3-11-21-17-10-5-4-9-16(17)20-18(21)13-19-15-8-6-7-14(2)12-15/h4-10,12,19H,3,11,13H2,1-2H3. The third-order valence-electron chi connectivity index (χ3n) is 3.65. The molecule has 0 saturated heterocycles. The minimum Gasteiger partial charge on any atom is -0.378 e. The molecule has 0 aliphatic heterocycles. The molecular weight excluding hydrogens is 258 g/mol. The van der Waals surface area contributed by atoms with Crippen molar-refractivity contribution in [3.8, 4) is 0 Å². The van der Waals surface area contributed by atoms with Gasteiger partial charge in [0.2, 0.25) is 0 Å². The Hall–Kier alpha value is -2.29. The van der Waals surface area contributed by atoms with Crippen LogP contribution < -0.4 is 5.32 Å². The van der Waals surface area contributed by atoms with Crippen LogP contribution in [0.25, 0.3) is 11.0 Å². The molecule has 0 bridgehead atoms. The summed E-state index contributed by atoms with van der Waals surface area (Å²) in [5, 5.41) is 3.48. The van der Waals surface area contributed by atoms with Crippen LogP contribution in [0.15, 0.2) is 48.5 Å². The fourth-order valence-corrected chi connectivity index (χ4v) is 2.67. The Balaban J connectivity index is 1.87. The lowest BCUT2D eigenvalue weighted by atomic mass is 10.2. The lowest BCUT2D eigenvalue weighted by Crippen LogP contribution is -2.08. The van der Waals surface area contributed by atoms with Crippen LogP contribution in [0, 0.1) is 6.92 Å². The van der Waals surface area contributed by atoms with Crippen LogP contribution in [0.3, 0.4) is 0 Å². The number of benzene rings is 2. The predicted octanol–water partition coefficient (Wildman–Crippen LogP) is 4.37. The molecule has 21 heavy (non-hydrogen) atoms. The van der Waals surface area contributed by atoms with Crippen LogP contribution in [0.2, 0.25) is 0 Å². The molecule has 3 nitrogen and oxygen atoms in total. The minimum atomic E-state index is 0.748. The van der Waals surface area contributed by atoms with Gasteiger partial charge in [0.25, 0.3) is 0 Å². The summed E-state index contributed by atoms with van der Waals surface area (Å²) >= 11 is 0. The molecule has 0 fully saturated rings. The molecule has 0 saturated carbocycles. The first kappa shape index (κ1) is 13.7. The molecule has 3 aromatic rings. The van der Waals surface area contributed by atoms with Gasteiger partial charge < -0.3 is 9.88 Å². The Labute approximate surface area is 125 Å². The molecule has 0 aliphatic rings. The van der Waals surface area contributed by atoms with Crippen LogP contribution in [0.1, 0.15) is 24.7 Å². The largest absolute Gasteiger partial charge is 0.378 e. The summed E-state index contributed by atoms with van der Waals surface area (Å²) in [5.41, 5.74) is 4.71. The number of fused-ring (bicyclic) bond motifs is 1. The summed E-state index contributed by atoms with van der Waals surface area (Å²) in [7, 11) is 0. The number of rotatable bonds is 5. The second-order valence-corrected chi connectivity index (χ2v) is 5.39. The van der Waals surface area contributed by atoms with Crippen molar-refractivity contribution in [2.75, 3.05) is 5.32 Å². The summed E-state index contributed by atoms with van der Waals surface area (Å²) in [6, 6.07) is 16.8. The monoisotopic (exact) mass is 279 g/mol. The van der Waals surface area contributed by atoms with Gasteiger partial charge in [-0.15, -0.1) is 0 Å². The van der Waals surface area contributed by atoms with Crippen LogP contribution in [-0.4, -0.2) is 9.55 Å². The Kier molecular flexibility index (Phi) is 3.91. The molecule has 3 rings (SSSR count). The highest BCUT2D eigenvalue weighted by molar-refractivity contribution is 5.76. The van der Waals surface area contributed by atoms with E-state index < -0.39 is 0 Å². The average molecular weight is 279 g/mol. The average Bonchev–Trinajstić information content (AvgIpc) is 2.84. The Bertz CT molecular complexity index is 743. The third-order valence-corrected chi connectivity index (χ3v) is 3.65. The van der Waals surface area contributed by atoms with Gasteiger partial charge in [-0.05, 0) is 43.2 Å². The van der Waals surface area contributed by atoms with E-state index in [0.29, 0.717) is 0 Å². The number of nitrogens with zero attached hydrogens (tertiary/aromatic N) is 2. The van der Waals surface area contributed by atoms with Crippen molar-refractivity contribution in [2.24, 2.45) is 0 Å². The Morgan fingerprint density at radius 1 is 1.10 bits per heavy atom. The first-order valence-corrected chi connectivity index (χ1v) is 7.52. The first-order chi connectivity index (χ1) is 10.3. The number of imidazole rings is 1. The molecule has 2 aromatic carbocycles. The van der Waals surface area contributed by atoms with Gasteiger partial charge in [0.15, 0.2) is 0 Å². The van der Waals surface area contributed by atoms with E-state index >= 15 is 0 Å². The molecule has 3 heteroatoms. The zero-order valence-corrected chi connectivity index (χ0v) is 12.6. The Morgan fingerprint density at radius 3 is 2.76 bits per heavy atom. The van der Waals surface area contributed by atoms with Crippen molar-refractivity contribution >= 4 is 16.7 Å². The number of aryl methyl sites for hydroxylation is 2. The summed E-state index contributed by atoms with van der Waals surface area (Å²) < 4.78 is 2.32. The second-order valence-electron chi connectivity index (χ2n) is 5.39. The smallest absolute Gasteiger partial charge is 0.129 e. The van der Waals surface area contributed by atoms with Gasteiger partial charge in [0.05, 0.1) is 17.6 Å². The predicted molar refractivity (Wildman–Crippen MR) is 88.5 cm³/mol. The third kappa shape index (κ3) is 2.92. The summed E-state index contributed by atoms with van der Waals surface area (Å²) in [5.74, 6) is 1.10. The van der Waals surface area contributed by atoms with E-state index in [1.54, 1.807) is 0 Å². The van der Waals surface area contributed by atoms with Crippen LogP contribution in [0.4, 0.5) is 5.69 Å². The van der Waals surface area contributed by atoms with Crippen molar-refractivity contribution in [3.05, 3.63) is 59.9 Å². The number of hydrogen-bond donors (Lipinski definition) is 1. The van der Waals surface area contributed by atoms with Crippen LogP contribution >= 0.6 is 0 Å². The minimum absolute atomic E-state index is 0.748. The quantitative estimate of drug-likeness (QED) is 0.751. The van der Waals surface area contributed by atoms with Crippen LogP contribution in [-0.2, 0) is 13.1 Å². The zero-order chi connectivity index (χ0) is 14.7. The maximum absolute atomic E-state index is 4.77. The molecule has 0 radical (unpaired) electrons. The lowest BCUT2D eigenvalue weighted by Gasteiger charge is -2.10. The number of nitrogens with one attached hydrogen (secondary N) is 1. The van der Waals surface area contributed by atoms with E-state index in [9.17, 15) is 0 Å². The molecule has 0 atom stereocenters. The number of hydrogen-bond acceptors (Lipinski definition) is 2. The molecule has 1 aromatic heterocycles. The van der Waals surface area contributed by atoms with Crippen molar-refractivity contribution in [1.29, 1.82) is 0 Å². The van der Waals surface area contributed by atoms with Gasteiger partial charge in [-0.3, -0.25) is 0 Å². The number of para-hydroxylation sites is 2. The number of anilines is 1. The highest BCUT2D eigenvalue weighted by Crippen LogP contribution is 2.18. The molecule has 0 aliphatic carbocycles. The Morgan fingerprint density at radius 2 is 1.95 bits per heavy atom. The van der Waals surface area contributed by atoms with E-state index in [1.807, 2.05) is 6.07 Å². The summed E-state index contributed by atoms with van der Waals surface area (Å²) in [4.78, 5) is 4.77. The maximum atomic E-state index is 4.77. The molecule has 0 spiro atoms. The summed E-state index contributed by atoms with van der Waals surface area (Å²) in [6.45, 7) is 6.06. The van der Waals surface area contributed by atoms with E-state index in [-0.39, 0.29) is 0 Å². The van der Waals surface area contributed by atoms with Gasteiger partial charge in [-0.2, -0.15) is 0 Å². The maximum Gasteiger partial charge on any atom is 0.129 e. The lowest BCUT2D eigenvalue weighted by molar-refractivity contribution is 0.661. The SMILES string of the molecule is CCCn1c(CNc2cccc(C)c2)nc2ccccc21. The topological polar surface area (TPSA) is 29.9 Å². The van der Waals surface area contributed by atoms with Gasteiger partial charge in [-0.25, -0.2) is 4.98 Å². The molecule has 0 amide bonds. The first-order valence-electron chi connectivity index (χ1n) is 7.52. The van der Waals surface area contributed by atoms with Crippen molar-refractivity contribution in [2.45, 2.75) is 33.4 Å². The van der Waals surface area contributed by atoms with Crippen molar-refractivity contribution in [1.82, 2.24) is 9.55 Å². The highest BCUT2D eigenvalue weighted by atomic mass is 15.1. The van der Waals surface area contributed by atoms with Gasteiger partial charge in [0.1, 0.15) is 5.82 Å². The van der Waals surface area contributed by atoms with Crippen molar-refractivity contribution < 1.29 is 0 Å². The molecule has 1 N–H and O–H groups in total. The fourth-order valence-electron chi connectivity index (χ4n) is 2.67. The molecular formula is C18H21N3. The van der Waals surface area contributed by atoms with E-state index in [0.717, 1.165) is 36.5 Å².